The zero-order chi connectivity index (χ0) is 22.7. The number of hydrogen-bond acceptors (Lipinski definition) is 5. The van der Waals surface area contributed by atoms with Crippen molar-refractivity contribution in [2.45, 2.75) is 6.92 Å². The first-order valence-electron chi connectivity index (χ1n) is 10.4. The van der Waals surface area contributed by atoms with Crippen molar-refractivity contribution >= 4 is 22.5 Å². The predicted molar refractivity (Wildman–Crippen MR) is 125 cm³/mol. The lowest BCUT2D eigenvalue weighted by molar-refractivity contribution is -0.384. The van der Waals surface area contributed by atoms with Crippen molar-refractivity contribution < 1.29 is 9.72 Å². The van der Waals surface area contributed by atoms with Crippen molar-refractivity contribution in [3.05, 3.63) is 106 Å². The quantitative estimate of drug-likeness (QED) is 0.271. The third-order valence-electron chi connectivity index (χ3n) is 6.02. The number of nitro benzene ring substituents is 1. The normalized spacial score (nSPS) is 12.1. The summed E-state index contributed by atoms with van der Waals surface area (Å²) in [6.45, 7) is 1.83. The summed E-state index contributed by atoms with van der Waals surface area (Å²) in [5, 5.41) is 17.3. The Morgan fingerprint density at radius 2 is 1.45 bits per heavy atom. The highest BCUT2D eigenvalue weighted by Crippen LogP contribution is 2.46. The van der Waals surface area contributed by atoms with E-state index in [4.69, 9.17) is 10.1 Å². The number of nitrogens with zero attached hydrogens (tertiary/aromatic N) is 4. The highest BCUT2D eigenvalue weighted by Gasteiger charge is 2.35. The summed E-state index contributed by atoms with van der Waals surface area (Å²) in [7, 11) is 0. The van der Waals surface area contributed by atoms with Crippen LogP contribution in [0.4, 0.5) is 5.69 Å². The molecule has 1 aliphatic rings. The van der Waals surface area contributed by atoms with Gasteiger partial charge >= 0.3 is 0 Å². The molecule has 0 radical (unpaired) electrons. The lowest BCUT2D eigenvalue weighted by atomic mass is 9.93. The van der Waals surface area contributed by atoms with Crippen molar-refractivity contribution in [3.63, 3.8) is 0 Å². The number of para-hydroxylation sites is 2. The van der Waals surface area contributed by atoms with Crippen LogP contribution in [0.1, 0.15) is 21.6 Å². The Bertz CT molecular complexity index is 1620. The van der Waals surface area contributed by atoms with E-state index in [1.807, 2.05) is 55.5 Å². The lowest BCUT2D eigenvalue weighted by Gasteiger charge is -2.11. The van der Waals surface area contributed by atoms with Crippen LogP contribution in [0.15, 0.2) is 78.9 Å². The molecule has 0 atom stereocenters. The van der Waals surface area contributed by atoms with Crippen LogP contribution >= 0.6 is 0 Å². The number of carbonyl (C=O) groups excluding carboxylic acids is 1. The fourth-order valence-electron chi connectivity index (χ4n) is 4.62. The number of carbonyl (C=O) groups is 1. The molecule has 0 amide bonds. The highest BCUT2D eigenvalue weighted by molar-refractivity contribution is 6.27. The van der Waals surface area contributed by atoms with Gasteiger partial charge in [0.2, 0.25) is 0 Å². The molecule has 6 rings (SSSR count). The molecular formula is C26H16N4O3. The average Bonchev–Trinajstić information content (AvgIpc) is 3.33. The molecule has 33 heavy (non-hydrogen) atoms. The lowest BCUT2D eigenvalue weighted by Crippen LogP contribution is -2.03. The Kier molecular flexibility index (Phi) is 4.00. The fourth-order valence-corrected chi connectivity index (χ4v) is 4.62. The Morgan fingerprint density at radius 3 is 2.18 bits per heavy atom. The van der Waals surface area contributed by atoms with Crippen molar-refractivity contribution in [2.75, 3.05) is 0 Å². The molecule has 0 N–H and O–H groups in total. The Hall–Kier alpha value is -4.65. The SMILES string of the molecule is Cc1nn(-c2ccccc2)c2nc3c(c(-c4ccccc4[N+](=O)[O-])c12)C(=O)c1ccccc1-3. The van der Waals surface area contributed by atoms with Gasteiger partial charge in [-0.05, 0) is 25.1 Å². The molecule has 0 fully saturated rings. The number of rotatable bonds is 3. The molecule has 1 aliphatic carbocycles. The molecule has 3 aromatic carbocycles. The van der Waals surface area contributed by atoms with Gasteiger partial charge in [0.25, 0.3) is 5.69 Å². The van der Waals surface area contributed by atoms with Gasteiger partial charge in [-0.1, -0.05) is 54.6 Å². The summed E-state index contributed by atoms with van der Waals surface area (Å²) in [6, 6.07) is 23.4. The van der Waals surface area contributed by atoms with E-state index in [2.05, 4.69) is 0 Å². The first kappa shape index (κ1) is 19.1. The predicted octanol–water partition coefficient (Wildman–Crippen LogP) is 5.52. The van der Waals surface area contributed by atoms with Crippen LogP contribution in [0, 0.1) is 17.0 Å². The Labute approximate surface area is 188 Å². The van der Waals surface area contributed by atoms with E-state index >= 15 is 0 Å². The number of nitro groups is 1. The van der Waals surface area contributed by atoms with Crippen molar-refractivity contribution in [1.82, 2.24) is 14.8 Å². The zero-order valence-corrected chi connectivity index (χ0v) is 17.5. The van der Waals surface area contributed by atoms with Gasteiger partial charge < -0.3 is 0 Å². The first-order chi connectivity index (χ1) is 16.1. The number of fused-ring (bicyclic) bond motifs is 4. The molecule has 0 bridgehead atoms. The summed E-state index contributed by atoms with van der Waals surface area (Å²) < 4.78 is 1.73. The van der Waals surface area contributed by atoms with Gasteiger partial charge in [0.1, 0.15) is 0 Å². The van der Waals surface area contributed by atoms with Gasteiger partial charge in [-0.25, -0.2) is 9.67 Å². The van der Waals surface area contributed by atoms with E-state index in [1.54, 1.807) is 28.9 Å². The minimum atomic E-state index is -0.419. The fraction of sp³-hybridized carbons (Fsp3) is 0.0385. The van der Waals surface area contributed by atoms with E-state index < -0.39 is 4.92 Å². The number of ketones is 1. The third-order valence-corrected chi connectivity index (χ3v) is 6.02. The van der Waals surface area contributed by atoms with Gasteiger partial charge in [-0.15, -0.1) is 0 Å². The maximum atomic E-state index is 13.6. The molecule has 2 heterocycles. The molecule has 158 valence electrons. The van der Waals surface area contributed by atoms with E-state index in [-0.39, 0.29) is 11.5 Å². The second-order valence-electron chi connectivity index (χ2n) is 7.89. The van der Waals surface area contributed by atoms with Gasteiger partial charge in [-0.2, -0.15) is 5.10 Å². The molecule has 0 unspecified atom stereocenters. The van der Waals surface area contributed by atoms with Crippen molar-refractivity contribution in [2.24, 2.45) is 0 Å². The highest BCUT2D eigenvalue weighted by atomic mass is 16.6. The molecule has 7 nitrogen and oxygen atoms in total. The molecule has 0 aliphatic heterocycles. The van der Waals surface area contributed by atoms with Crippen LogP contribution in [0.5, 0.6) is 0 Å². The van der Waals surface area contributed by atoms with Gasteiger partial charge in [0.05, 0.1) is 38.5 Å². The Morgan fingerprint density at radius 1 is 0.818 bits per heavy atom. The summed E-state index contributed by atoms with van der Waals surface area (Å²) in [5.41, 5.74) is 4.99. The standard InChI is InChI=1S/C26H16N4O3/c1-15-21-22(19-13-7-8-14-20(19)30(32)33)23-24(17-11-5-6-12-18(17)25(23)31)27-26(21)29(28-15)16-9-3-2-4-10-16/h2-14H,1H3. The smallest absolute Gasteiger partial charge is 0.277 e. The van der Waals surface area contributed by atoms with Crippen LogP contribution < -0.4 is 0 Å². The number of benzene rings is 3. The summed E-state index contributed by atoms with van der Waals surface area (Å²) >= 11 is 0. The molecule has 5 aromatic rings. The largest absolute Gasteiger partial charge is 0.288 e. The third kappa shape index (κ3) is 2.66. The van der Waals surface area contributed by atoms with E-state index in [9.17, 15) is 14.9 Å². The average molecular weight is 432 g/mol. The summed E-state index contributed by atoms with van der Waals surface area (Å²) in [4.78, 5) is 30.0. The monoisotopic (exact) mass is 432 g/mol. The molecular weight excluding hydrogens is 416 g/mol. The Balaban J connectivity index is 1.82. The second-order valence-corrected chi connectivity index (χ2v) is 7.89. The van der Waals surface area contributed by atoms with Crippen LogP contribution in [-0.2, 0) is 0 Å². The minimum absolute atomic E-state index is 0.0668. The van der Waals surface area contributed by atoms with Gasteiger partial charge in [-0.3, -0.25) is 14.9 Å². The summed E-state index contributed by atoms with van der Waals surface area (Å²) in [6.07, 6.45) is 0. The van der Waals surface area contributed by atoms with E-state index in [1.165, 1.54) is 6.07 Å². The van der Waals surface area contributed by atoms with Crippen LogP contribution in [0.2, 0.25) is 0 Å². The van der Waals surface area contributed by atoms with Gasteiger partial charge in [0, 0.05) is 22.8 Å². The number of aromatic nitrogens is 3. The molecule has 0 spiro atoms. The summed E-state index contributed by atoms with van der Waals surface area (Å²) in [5.74, 6) is -0.185. The van der Waals surface area contributed by atoms with Crippen molar-refractivity contribution in [1.29, 1.82) is 0 Å². The molecule has 0 saturated heterocycles. The maximum Gasteiger partial charge on any atom is 0.277 e. The molecule has 2 aromatic heterocycles. The van der Waals surface area contributed by atoms with E-state index in [0.29, 0.717) is 44.7 Å². The van der Waals surface area contributed by atoms with Crippen LogP contribution in [0.3, 0.4) is 0 Å². The zero-order valence-electron chi connectivity index (χ0n) is 17.5. The second kappa shape index (κ2) is 6.93. The number of pyridine rings is 1. The topological polar surface area (TPSA) is 90.9 Å². The van der Waals surface area contributed by atoms with Crippen molar-refractivity contribution in [3.8, 4) is 28.1 Å². The number of hydrogen-bond donors (Lipinski definition) is 0. The molecule has 0 saturated carbocycles. The number of aryl methyl sites for hydroxylation is 1. The van der Waals surface area contributed by atoms with Crippen LogP contribution in [0.25, 0.3) is 39.1 Å². The molecule has 7 heteroatoms. The minimum Gasteiger partial charge on any atom is -0.288 e. The van der Waals surface area contributed by atoms with Crippen LogP contribution in [-0.4, -0.2) is 25.5 Å². The van der Waals surface area contributed by atoms with Gasteiger partial charge in [0.15, 0.2) is 11.4 Å². The maximum absolute atomic E-state index is 13.6. The first-order valence-corrected chi connectivity index (χ1v) is 10.4. The van der Waals surface area contributed by atoms with E-state index in [0.717, 1.165) is 11.3 Å².